The largest absolute Gasteiger partial charge is 0.497 e. The van der Waals surface area contributed by atoms with Crippen LogP contribution in [0.1, 0.15) is 25.8 Å². The zero-order valence-corrected chi connectivity index (χ0v) is 10.5. The summed E-state index contributed by atoms with van der Waals surface area (Å²) in [5.41, 5.74) is 0.785. The molecular formula is C14H18O3. The molecule has 3 heteroatoms. The minimum atomic E-state index is -0.313. The molecule has 92 valence electrons. The van der Waals surface area contributed by atoms with E-state index in [-0.39, 0.29) is 17.3 Å². The van der Waals surface area contributed by atoms with Crippen molar-refractivity contribution in [3.05, 3.63) is 29.8 Å². The van der Waals surface area contributed by atoms with E-state index in [1.165, 1.54) is 0 Å². The molecule has 1 saturated carbocycles. The van der Waals surface area contributed by atoms with Gasteiger partial charge in [0, 0.05) is 6.42 Å². The summed E-state index contributed by atoms with van der Waals surface area (Å²) in [6, 6.07) is 7.78. The first-order chi connectivity index (χ1) is 8.04. The van der Waals surface area contributed by atoms with Gasteiger partial charge in [-0.2, -0.15) is 0 Å². The van der Waals surface area contributed by atoms with E-state index in [2.05, 4.69) is 0 Å². The first-order valence-electron chi connectivity index (χ1n) is 5.82. The number of hydrogen-bond acceptors (Lipinski definition) is 3. The molecule has 0 saturated heterocycles. The Bertz CT molecular complexity index is 406. The molecular weight excluding hydrogens is 216 g/mol. The van der Waals surface area contributed by atoms with Crippen molar-refractivity contribution in [3.8, 4) is 5.75 Å². The van der Waals surface area contributed by atoms with Crippen molar-refractivity contribution >= 4 is 5.78 Å². The fraction of sp³-hybridized carbons (Fsp3) is 0.500. The number of methoxy groups -OCH3 is 1. The van der Waals surface area contributed by atoms with Gasteiger partial charge in [0.2, 0.25) is 0 Å². The second-order valence-corrected chi connectivity index (χ2v) is 5.00. The van der Waals surface area contributed by atoms with Gasteiger partial charge in [-0.05, 0) is 17.7 Å². The Morgan fingerprint density at radius 1 is 1.29 bits per heavy atom. The molecule has 1 fully saturated rings. The molecule has 0 amide bonds. The maximum atomic E-state index is 11.4. The molecule has 0 radical (unpaired) electrons. The summed E-state index contributed by atoms with van der Waals surface area (Å²) in [7, 11) is 1.65. The lowest BCUT2D eigenvalue weighted by molar-refractivity contribution is -0.159. The first kappa shape index (κ1) is 12.1. The maximum absolute atomic E-state index is 11.4. The molecule has 0 spiro atoms. The molecule has 1 aliphatic rings. The van der Waals surface area contributed by atoms with Gasteiger partial charge in [0.1, 0.15) is 11.5 Å². The van der Waals surface area contributed by atoms with Crippen LogP contribution < -0.4 is 4.74 Å². The molecule has 0 N–H and O–H groups in total. The number of Topliss-reactive ketones (excluding diaryl/α,β-unsaturated/α-hetero) is 1. The zero-order valence-electron chi connectivity index (χ0n) is 10.5. The van der Waals surface area contributed by atoms with Crippen LogP contribution in [0.15, 0.2) is 24.3 Å². The topological polar surface area (TPSA) is 35.5 Å². The number of carbonyl (C=O) groups is 1. The Hall–Kier alpha value is -1.35. The molecule has 1 aliphatic carbocycles. The Balaban J connectivity index is 1.88. The van der Waals surface area contributed by atoms with Gasteiger partial charge in [-0.1, -0.05) is 26.0 Å². The molecule has 0 aromatic heterocycles. The number of benzene rings is 1. The van der Waals surface area contributed by atoms with E-state index < -0.39 is 0 Å². The summed E-state index contributed by atoms with van der Waals surface area (Å²) in [5.74, 6) is 1.13. The third-order valence-electron chi connectivity index (χ3n) is 3.50. The van der Waals surface area contributed by atoms with E-state index >= 15 is 0 Å². The van der Waals surface area contributed by atoms with Crippen molar-refractivity contribution in [1.29, 1.82) is 0 Å². The van der Waals surface area contributed by atoms with Crippen LogP contribution in [-0.4, -0.2) is 19.0 Å². The monoisotopic (exact) mass is 234 g/mol. The lowest BCUT2D eigenvalue weighted by Crippen LogP contribution is -2.51. The van der Waals surface area contributed by atoms with Gasteiger partial charge in [-0.15, -0.1) is 0 Å². The third-order valence-corrected chi connectivity index (χ3v) is 3.50. The molecule has 0 aliphatic heterocycles. The third kappa shape index (κ3) is 2.34. The van der Waals surface area contributed by atoms with Gasteiger partial charge >= 0.3 is 0 Å². The highest BCUT2D eigenvalue weighted by atomic mass is 16.5. The zero-order chi connectivity index (χ0) is 12.5. The standard InChI is InChI=1S/C14H18O3/c1-14(2)12(15)8-13(14)17-9-10-4-6-11(16-3)7-5-10/h4-7,13H,8-9H2,1-3H3. The van der Waals surface area contributed by atoms with Crippen LogP contribution in [-0.2, 0) is 16.1 Å². The van der Waals surface area contributed by atoms with Gasteiger partial charge < -0.3 is 9.47 Å². The van der Waals surface area contributed by atoms with Crippen LogP contribution in [0.5, 0.6) is 5.75 Å². The van der Waals surface area contributed by atoms with Gasteiger partial charge in [-0.3, -0.25) is 4.79 Å². The highest BCUT2D eigenvalue weighted by molar-refractivity contribution is 5.91. The van der Waals surface area contributed by atoms with Gasteiger partial charge in [0.25, 0.3) is 0 Å². The van der Waals surface area contributed by atoms with E-state index in [1.54, 1.807) is 7.11 Å². The second kappa shape index (κ2) is 4.49. The van der Waals surface area contributed by atoms with Gasteiger partial charge in [0.15, 0.2) is 0 Å². The van der Waals surface area contributed by atoms with Crippen LogP contribution in [0.4, 0.5) is 0 Å². The smallest absolute Gasteiger partial charge is 0.143 e. The molecule has 1 atom stereocenters. The summed E-state index contributed by atoms with van der Waals surface area (Å²) in [6.07, 6.45) is 0.598. The van der Waals surface area contributed by atoms with Crippen molar-refractivity contribution < 1.29 is 14.3 Å². The average Bonchev–Trinajstić information content (AvgIpc) is 2.35. The minimum absolute atomic E-state index is 0.0529. The minimum Gasteiger partial charge on any atom is -0.497 e. The van der Waals surface area contributed by atoms with Crippen LogP contribution in [0.25, 0.3) is 0 Å². The Labute approximate surface area is 102 Å². The Morgan fingerprint density at radius 3 is 2.41 bits per heavy atom. The highest BCUT2D eigenvalue weighted by Gasteiger charge is 2.48. The van der Waals surface area contributed by atoms with Gasteiger partial charge in [-0.25, -0.2) is 0 Å². The van der Waals surface area contributed by atoms with Crippen LogP contribution in [0.2, 0.25) is 0 Å². The van der Waals surface area contributed by atoms with E-state index in [1.807, 2.05) is 38.1 Å². The van der Waals surface area contributed by atoms with Crippen molar-refractivity contribution in [2.24, 2.45) is 5.41 Å². The second-order valence-electron chi connectivity index (χ2n) is 5.00. The Morgan fingerprint density at radius 2 is 1.94 bits per heavy atom. The molecule has 1 unspecified atom stereocenters. The molecule has 1 aromatic rings. The number of rotatable bonds is 4. The number of ether oxygens (including phenoxy) is 2. The number of hydrogen-bond donors (Lipinski definition) is 0. The predicted molar refractivity (Wildman–Crippen MR) is 65.0 cm³/mol. The van der Waals surface area contributed by atoms with Crippen LogP contribution in [0, 0.1) is 5.41 Å². The molecule has 1 aromatic carbocycles. The lowest BCUT2D eigenvalue weighted by Gasteiger charge is -2.41. The van der Waals surface area contributed by atoms with E-state index in [4.69, 9.17) is 9.47 Å². The predicted octanol–water partition coefficient (Wildman–Crippen LogP) is 2.58. The molecule has 3 nitrogen and oxygen atoms in total. The SMILES string of the molecule is COc1ccc(COC2CC(=O)C2(C)C)cc1. The van der Waals surface area contributed by atoms with Crippen molar-refractivity contribution in [1.82, 2.24) is 0 Å². The summed E-state index contributed by atoms with van der Waals surface area (Å²) in [4.78, 5) is 11.4. The fourth-order valence-electron chi connectivity index (χ4n) is 1.92. The summed E-state index contributed by atoms with van der Waals surface area (Å²) in [5, 5.41) is 0. The summed E-state index contributed by atoms with van der Waals surface area (Å²) in [6.45, 7) is 4.43. The van der Waals surface area contributed by atoms with Crippen molar-refractivity contribution in [2.45, 2.75) is 33.0 Å². The van der Waals surface area contributed by atoms with Gasteiger partial charge in [0.05, 0.1) is 25.2 Å². The molecule has 2 rings (SSSR count). The van der Waals surface area contributed by atoms with Crippen molar-refractivity contribution in [3.63, 3.8) is 0 Å². The summed E-state index contributed by atoms with van der Waals surface area (Å²) < 4.78 is 10.9. The maximum Gasteiger partial charge on any atom is 0.143 e. The van der Waals surface area contributed by atoms with E-state index in [0.717, 1.165) is 11.3 Å². The summed E-state index contributed by atoms with van der Waals surface area (Å²) >= 11 is 0. The Kier molecular flexibility index (Phi) is 3.20. The quantitative estimate of drug-likeness (QED) is 0.803. The average molecular weight is 234 g/mol. The fourth-order valence-corrected chi connectivity index (χ4v) is 1.92. The molecule has 0 heterocycles. The first-order valence-corrected chi connectivity index (χ1v) is 5.82. The lowest BCUT2D eigenvalue weighted by atomic mass is 9.68. The molecule has 17 heavy (non-hydrogen) atoms. The van der Waals surface area contributed by atoms with E-state index in [9.17, 15) is 4.79 Å². The normalized spacial score (nSPS) is 22.1. The van der Waals surface area contributed by atoms with Crippen LogP contribution in [0.3, 0.4) is 0 Å². The number of carbonyl (C=O) groups excluding carboxylic acids is 1. The van der Waals surface area contributed by atoms with Crippen LogP contribution >= 0.6 is 0 Å². The van der Waals surface area contributed by atoms with Crippen molar-refractivity contribution in [2.75, 3.05) is 7.11 Å². The highest BCUT2D eigenvalue weighted by Crippen LogP contribution is 2.39. The molecule has 0 bridgehead atoms. The van der Waals surface area contributed by atoms with E-state index in [0.29, 0.717) is 13.0 Å². The number of ketones is 1.